The number of likely N-dealkylation sites (tertiary alicyclic amines) is 1. The minimum atomic E-state index is 0.165. The van der Waals surface area contributed by atoms with Crippen LogP contribution in [0.5, 0.6) is 11.5 Å². The monoisotopic (exact) mass is 337 g/mol. The Morgan fingerprint density at radius 2 is 1.88 bits per heavy atom. The van der Waals surface area contributed by atoms with Crippen molar-refractivity contribution in [3.05, 3.63) is 59.7 Å². The molecule has 0 aromatic heterocycles. The van der Waals surface area contributed by atoms with Crippen molar-refractivity contribution in [1.29, 1.82) is 0 Å². The van der Waals surface area contributed by atoms with E-state index in [9.17, 15) is 0 Å². The van der Waals surface area contributed by atoms with Crippen molar-refractivity contribution in [2.45, 2.75) is 44.3 Å². The molecule has 2 aromatic rings. The van der Waals surface area contributed by atoms with Crippen molar-refractivity contribution in [2.24, 2.45) is 0 Å². The molecule has 132 valence electrons. The van der Waals surface area contributed by atoms with E-state index in [4.69, 9.17) is 9.47 Å². The molecule has 4 rings (SSSR count). The van der Waals surface area contributed by atoms with E-state index in [-0.39, 0.29) is 6.10 Å². The number of rotatable bonds is 3. The van der Waals surface area contributed by atoms with E-state index in [2.05, 4.69) is 60.5 Å². The third-order valence-corrected chi connectivity index (χ3v) is 5.35. The molecule has 0 spiro atoms. The summed E-state index contributed by atoms with van der Waals surface area (Å²) in [7, 11) is 2.20. The smallest absolute Gasteiger partial charge is 0.124 e. The molecule has 1 fully saturated rings. The summed E-state index contributed by atoms with van der Waals surface area (Å²) in [5.74, 6) is 2.00. The predicted octanol–water partition coefficient (Wildman–Crippen LogP) is 4.62. The maximum absolute atomic E-state index is 6.28. The van der Waals surface area contributed by atoms with E-state index in [0.717, 1.165) is 43.7 Å². The first-order valence-corrected chi connectivity index (χ1v) is 9.48. The molecule has 1 saturated heterocycles. The van der Waals surface area contributed by atoms with Crippen molar-refractivity contribution >= 4 is 0 Å². The number of aryl methyl sites for hydroxylation is 1. The fraction of sp³-hybridized carbons (Fsp3) is 0.455. The minimum absolute atomic E-state index is 0.165. The molecule has 0 bridgehead atoms. The van der Waals surface area contributed by atoms with Gasteiger partial charge in [0.15, 0.2) is 0 Å². The molecule has 0 amide bonds. The summed E-state index contributed by atoms with van der Waals surface area (Å²) in [6.45, 7) is 2.30. The first-order chi connectivity index (χ1) is 12.3. The first kappa shape index (κ1) is 16.5. The lowest BCUT2D eigenvalue weighted by molar-refractivity contribution is 0.170. The topological polar surface area (TPSA) is 21.7 Å². The molecule has 2 heterocycles. The lowest BCUT2D eigenvalue weighted by Gasteiger charge is -2.27. The van der Waals surface area contributed by atoms with Crippen molar-refractivity contribution in [3.8, 4) is 11.5 Å². The molecule has 3 nitrogen and oxygen atoms in total. The average molecular weight is 337 g/mol. The highest BCUT2D eigenvalue weighted by Crippen LogP contribution is 2.37. The van der Waals surface area contributed by atoms with Gasteiger partial charge >= 0.3 is 0 Å². The number of benzene rings is 2. The van der Waals surface area contributed by atoms with Crippen LogP contribution in [-0.4, -0.2) is 31.1 Å². The van der Waals surface area contributed by atoms with Crippen LogP contribution >= 0.6 is 0 Å². The van der Waals surface area contributed by atoms with Gasteiger partial charge in [-0.2, -0.15) is 0 Å². The lowest BCUT2D eigenvalue weighted by Crippen LogP contribution is -2.21. The van der Waals surface area contributed by atoms with E-state index in [0.29, 0.717) is 6.10 Å². The Labute approximate surface area is 150 Å². The predicted molar refractivity (Wildman–Crippen MR) is 100 cm³/mol. The van der Waals surface area contributed by atoms with Gasteiger partial charge < -0.3 is 14.4 Å². The third-order valence-electron chi connectivity index (χ3n) is 5.35. The molecule has 25 heavy (non-hydrogen) atoms. The molecule has 2 atom stereocenters. The van der Waals surface area contributed by atoms with Gasteiger partial charge in [-0.25, -0.2) is 0 Å². The Kier molecular flexibility index (Phi) is 4.93. The van der Waals surface area contributed by atoms with Crippen LogP contribution in [0, 0.1) is 0 Å². The Morgan fingerprint density at radius 3 is 2.76 bits per heavy atom. The number of nitrogens with zero attached hydrogens (tertiary/aromatic N) is 1. The summed E-state index contributed by atoms with van der Waals surface area (Å²) in [5, 5.41) is 0. The molecule has 2 aliphatic rings. The summed E-state index contributed by atoms with van der Waals surface area (Å²) >= 11 is 0. The quantitative estimate of drug-likeness (QED) is 0.816. The zero-order chi connectivity index (χ0) is 17.1. The normalized spacial score (nSPS) is 24.0. The van der Waals surface area contributed by atoms with Crippen LogP contribution in [0.4, 0.5) is 0 Å². The van der Waals surface area contributed by atoms with Gasteiger partial charge in [0, 0.05) is 6.54 Å². The van der Waals surface area contributed by atoms with Crippen molar-refractivity contribution in [2.75, 3.05) is 20.1 Å². The molecule has 2 unspecified atom stereocenters. The van der Waals surface area contributed by atoms with Crippen LogP contribution in [0.2, 0.25) is 0 Å². The standard InChI is InChI=1S/C22H27NO2/c1-23-14-5-8-19(13-15-23)24-20-10-12-22-18(16-20)9-11-21(25-22)17-6-3-2-4-7-17/h2-4,6-7,10,12,16,19,21H,5,8-9,11,13-15H2,1H3. The van der Waals surface area contributed by atoms with Gasteiger partial charge in [-0.15, -0.1) is 0 Å². The van der Waals surface area contributed by atoms with Gasteiger partial charge in [-0.3, -0.25) is 0 Å². The van der Waals surface area contributed by atoms with Gasteiger partial charge in [0.2, 0.25) is 0 Å². The Hall–Kier alpha value is -2.00. The maximum atomic E-state index is 6.28. The number of fused-ring (bicyclic) bond motifs is 1. The van der Waals surface area contributed by atoms with Gasteiger partial charge in [0.1, 0.15) is 17.6 Å². The summed E-state index contributed by atoms with van der Waals surface area (Å²) in [6, 6.07) is 16.8. The van der Waals surface area contributed by atoms with Crippen LogP contribution in [-0.2, 0) is 6.42 Å². The van der Waals surface area contributed by atoms with Gasteiger partial charge in [0.25, 0.3) is 0 Å². The summed E-state index contributed by atoms with van der Waals surface area (Å²) in [4.78, 5) is 2.40. The van der Waals surface area contributed by atoms with Crippen molar-refractivity contribution in [3.63, 3.8) is 0 Å². The molecule has 2 aromatic carbocycles. The molecule has 0 aliphatic carbocycles. The van der Waals surface area contributed by atoms with Crippen molar-refractivity contribution < 1.29 is 9.47 Å². The molecular weight excluding hydrogens is 310 g/mol. The first-order valence-electron chi connectivity index (χ1n) is 9.48. The summed E-state index contributed by atoms with van der Waals surface area (Å²) < 4.78 is 12.5. The van der Waals surface area contributed by atoms with Crippen LogP contribution in [0.3, 0.4) is 0 Å². The van der Waals surface area contributed by atoms with Crippen LogP contribution in [0.1, 0.15) is 42.9 Å². The number of ether oxygens (including phenoxy) is 2. The highest BCUT2D eigenvalue weighted by atomic mass is 16.5. The van der Waals surface area contributed by atoms with E-state index >= 15 is 0 Å². The van der Waals surface area contributed by atoms with E-state index in [1.54, 1.807) is 0 Å². The zero-order valence-corrected chi connectivity index (χ0v) is 15.0. The van der Waals surface area contributed by atoms with Crippen LogP contribution in [0.25, 0.3) is 0 Å². The van der Waals surface area contributed by atoms with Crippen LogP contribution in [0.15, 0.2) is 48.5 Å². The highest BCUT2D eigenvalue weighted by molar-refractivity contribution is 5.42. The molecule has 3 heteroatoms. The second-order valence-corrected chi connectivity index (χ2v) is 7.30. The van der Waals surface area contributed by atoms with Crippen molar-refractivity contribution in [1.82, 2.24) is 4.90 Å². The molecule has 0 N–H and O–H groups in total. The Bertz CT molecular complexity index is 700. The molecule has 0 saturated carbocycles. The fourth-order valence-electron chi connectivity index (χ4n) is 3.86. The largest absolute Gasteiger partial charge is 0.490 e. The lowest BCUT2D eigenvalue weighted by atomic mass is 9.97. The molecule has 0 radical (unpaired) electrons. The van der Waals surface area contributed by atoms with E-state index in [1.165, 1.54) is 24.1 Å². The highest BCUT2D eigenvalue weighted by Gasteiger charge is 2.22. The van der Waals surface area contributed by atoms with Gasteiger partial charge in [0.05, 0.1) is 6.10 Å². The third kappa shape index (κ3) is 3.98. The Morgan fingerprint density at radius 1 is 1.00 bits per heavy atom. The maximum Gasteiger partial charge on any atom is 0.124 e. The average Bonchev–Trinajstić information content (AvgIpc) is 2.86. The van der Waals surface area contributed by atoms with E-state index in [1.807, 2.05) is 0 Å². The van der Waals surface area contributed by atoms with Crippen LogP contribution < -0.4 is 9.47 Å². The minimum Gasteiger partial charge on any atom is -0.490 e. The second kappa shape index (κ2) is 7.49. The van der Waals surface area contributed by atoms with E-state index < -0.39 is 0 Å². The number of hydrogen-bond donors (Lipinski definition) is 0. The SMILES string of the molecule is CN1CCCC(Oc2ccc3c(c2)CCC(c2ccccc2)O3)CC1. The Balaban J connectivity index is 1.43. The summed E-state index contributed by atoms with van der Waals surface area (Å²) in [5.41, 5.74) is 2.53. The molecule has 2 aliphatic heterocycles. The van der Waals surface area contributed by atoms with Gasteiger partial charge in [-0.1, -0.05) is 30.3 Å². The number of hydrogen-bond acceptors (Lipinski definition) is 3. The second-order valence-electron chi connectivity index (χ2n) is 7.30. The fourth-order valence-corrected chi connectivity index (χ4v) is 3.86. The molecular formula is C22H27NO2. The zero-order valence-electron chi connectivity index (χ0n) is 15.0. The van der Waals surface area contributed by atoms with Gasteiger partial charge in [-0.05, 0) is 75.0 Å². The summed E-state index contributed by atoms with van der Waals surface area (Å²) in [6.07, 6.45) is 6.04.